The normalized spacial score (nSPS) is 18.9. The second-order valence-electron chi connectivity index (χ2n) is 4.44. The van der Waals surface area contributed by atoms with E-state index >= 15 is 0 Å². The summed E-state index contributed by atoms with van der Waals surface area (Å²) in [5, 5.41) is 16.8. The van der Waals surface area contributed by atoms with Crippen LogP contribution in [0.15, 0.2) is 22.9 Å². The first kappa shape index (κ1) is 13.3. The van der Waals surface area contributed by atoms with Crippen LogP contribution in [0.2, 0.25) is 0 Å². The van der Waals surface area contributed by atoms with E-state index in [1.807, 2.05) is 16.8 Å². The second-order valence-corrected chi connectivity index (χ2v) is 5.22. The molecular formula is C13H17NO3S. The molecule has 5 heteroatoms. The van der Waals surface area contributed by atoms with Gasteiger partial charge in [-0.1, -0.05) is 0 Å². The summed E-state index contributed by atoms with van der Waals surface area (Å²) < 4.78 is 5.18. The quantitative estimate of drug-likeness (QED) is 0.811. The van der Waals surface area contributed by atoms with Crippen molar-refractivity contribution >= 4 is 23.3 Å². The molecule has 1 aromatic rings. The van der Waals surface area contributed by atoms with Crippen LogP contribution in [-0.2, 0) is 9.53 Å². The van der Waals surface area contributed by atoms with Crippen LogP contribution in [-0.4, -0.2) is 36.4 Å². The van der Waals surface area contributed by atoms with Crippen molar-refractivity contribution in [3.05, 3.63) is 28.5 Å². The second kappa shape index (κ2) is 6.13. The summed E-state index contributed by atoms with van der Waals surface area (Å²) in [6.07, 6.45) is 4.40. The number of thiophene rings is 1. The number of rotatable bonds is 4. The molecule has 0 aromatic carbocycles. The number of hydrogen-bond acceptors (Lipinski definition) is 4. The van der Waals surface area contributed by atoms with Crippen molar-refractivity contribution in [3.63, 3.8) is 0 Å². The van der Waals surface area contributed by atoms with Gasteiger partial charge < -0.3 is 15.2 Å². The van der Waals surface area contributed by atoms with Crippen LogP contribution in [0.4, 0.5) is 0 Å². The van der Waals surface area contributed by atoms with E-state index in [0.717, 1.165) is 5.56 Å². The van der Waals surface area contributed by atoms with Crippen LogP contribution in [0.5, 0.6) is 0 Å². The Labute approximate surface area is 110 Å². The molecule has 1 saturated heterocycles. The number of aliphatic hydroxyl groups is 1. The van der Waals surface area contributed by atoms with Gasteiger partial charge in [0.2, 0.25) is 5.91 Å². The van der Waals surface area contributed by atoms with Crippen molar-refractivity contribution in [3.8, 4) is 0 Å². The molecule has 0 aliphatic carbocycles. The number of amides is 1. The Morgan fingerprint density at radius 3 is 3.00 bits per heavy atom. The lowest BCUT2D eigenvalue weighted by atomic mass is 9.94. The molecule has 0 atom stereocenters. The molecule has 18 heavy (non-hydrogen) atoms. The number of carbonyl (C=O) groups is 1. The van der Waals surface area contributed by atoms with Crippen molar-refractivity contribution in [2.45, 2.75) is 18.4 Å². The SMILES string of the molecule is O=C(/C=C/c1ccsc1)NCC1(O)CCOCC1. The molecule has 1 amide bonds. The lowest BCUT2D eigenvalue weighted by Gasteiger charge is -2.31. The van der Waals surface area contributed by atoms with Gasteiger partial charge >= 0.3 is 0 Å². The van der Waals surface area contributed by atoms with E-state index in [1.54, 1.807) is 17.4 Å². The van der Waals surface area contributed by atoms with Gasteiger partial charge in [-0.05, 0) is 28.5 Å². The van der Waals surface area contributed by atoms with Gasteiger partial charge in [-0.3, -0.25) is 4.79 Å². The molecule has 1 aromatic heterocycles. The maximum absolute atomic E-state index is 11.6. The molecule has 4 nitrogen and oxygen atoms in total. The first-order chi connectivity index (χ1) is 8.68. The summed E-state index contributed by atoms with van der Waals surface area (Å²) in [5.74, 6) is -0.180. The van der Waals surface area contributed by atoms with Crippen LogP contribution < -0.4 is 5.32 Å². The Bertz CT molecular complexity index is 408. The zero-order chi connectivity index (χ0) is 12.8. The zero-order valence-corrected chi connectivity index (χ0v) is 10.9. The monoisotopic (exact) mass is 267 g/mol. The number of nitrogens with one attached hydrogen (secondary N) is 1. The largest absolute Gasteiger partial charge is 0.388 e. The van der Waals surface area contributed by atoms with Gasteiger partial charge in [0.25, 0.3) is 0 Å². The molecule has 2 rings (SSSR count). The van der Waals surface area contributed by atoms with Gasteiger partial charge in [0.1, 0.15) is 0 Å². The molecule has 2 heterocycles. The minimum atomic E-state index is -0.815. The molecule has 0 radical (unpaired) electrons. The number of ether oxygens (including phenoxy) is 1. The maximum atomic E-state index is 11.6. The molecule has 1 aliphatic rings. The first-order valence-corrected chi connectivity index (χ1v) is 6.90. The van der Waals surface area contributed by atoms with Crippen LogP contribution in [0.1, 0.15) is 18.4 Å². The van der Waals surface area contributed by atoms with E-state index in [0.29, 0.717) is 26.1 Å². The predicted octanol–water partition coefficient (Wildman–Crippen LogP) is 1.42. The average Bonchev–Trinajstić information content (AvgIpc) is 2.88. The molecular weight excluding hydrogens is 250 g/mol. The highest BCUT2D eigenvalue weighted by Gasteiger charge is 2.29. The Kier molecular flexibility index (Phi) is 4.52. The zero-order valence-electron chi connectivity index (χ0n) is 10.1. The fourth-order valence-electron chi connectivity index (χ4n) is 1.78. The van der Waals surface area contributed by atoms with Gasteiger partial charge in [-0.25, -0.2) is 0 Å². The van der Waals surface area contributed by atoms with E-state index in [2.05, 4.69) is 5.32 Å². The van der Waals surface area contributed by atoms with Crippen LogP contribution in [0.25, 0.3) is 6.08 Å². The summed E-state index contributed by atoms with van der Waals surface area (Å²) in [6.45, 7) is 1.39. The molecule has 1 fully saturated rings. The first-order valence-electron chi connectivity index (χ1n) is 5.96. The Morgan fingerprint density at radius 2 is 2.33 bits per heavy atom. The third kappa shape index (κ3) is 3.94. The minimum absolute atomic E-state index is 0.180. The molecule has 0 bridgehead atoms. The van der Waals surface area contributed by atoms with Gasteiger partial charge in [0, 0.05) is 38.7 Å². The fourth-order valence-corrected chi connectivity index (χ4v) is 2.41. The molecule has 0 unspecified atom stereocenters. The van der Waals surface area contributed by atoms with Crippen LogP contribution >= 0.6 is 11.3 Å². The van der Waals surface area contributed by atoms with Crippen molar-refractivity contribution in [1.82, 2.24) is 5.32 Å². The highest BCUT2D eigenvalue weighted by atomic mass is 32.1. The van der Waals surface area contributed by atoms with Crippen LogP contribution in [0.3, 0.4) is 0 Å². The molecule has 0 saturated carbocycles. The van der Waals surface area contributed by atoms with Crippen molar-refractivity contribution in [2.75, 3.05) is 19.8 Å². The molecule has 2 N–H and O–H groups in total. The van der Waals surface area contributed by atoms with E-state index < -0.39 is 5.60 Å². The standard InChI is InChI=1S/C13H17NO3S/c15-12(2-1-11-3-8-18-9-11)14-10-13(16)4-6-17-7-5-13/h1-3,8-9,16H,4-7,10H2,(H,14,15)/b2-1+. The maximum Gasteiger partial charge on any atom is 0.244 e. The highest BCUT2D eigenvalue weighted by molar-refractivity contribution is 7.08. The topological polar surface area (TPSA) is 58.6 Å². The summed E-state index contributed by atoms with van der Waals surface area (Å²) in [4.78, 5) is 11.6. The third-order valence-electron chi connectivity index (χ3n) is 2.99. The Balaban J connectivity index is 1.77. The molecule has 0 spiro atoms. The Hall–Kier alpha value is -1.17. The third-order valence-corrected chi connectivity index (χ3v) is 3.69. The van der Waals surface area contributed by atoms with Gasteiger partial charge in [0.05, 0.1) is 5.60 Å². The van der Waals surface area contributed by atoms with Crippen molar-refractivity contribution in [1.29, 1.82) is 0 Å². The van der Waals surface area contributed by atoms with Gasteiger partial charge in [-0.15, -0.1) is 0 Å². The van der Waals surface area contributed by atoms with Crippen molar-refractivity contribution < 1.29 is 14.6 Å². The summed E-state index contributed by atoms with van der Waals surface area (Å²) in [5.41, 5.74) is 0.198. The van der Waals surface area contributed by atoms with Gasteiger partial charge in [0.15, 0.2) is 0 Å². The van der Waals surface area contributed by atoms with E-state index in [4.69, 9.17) is 4.74 Å². The lowest BCUT2D eigenvalue weighted by molar-refractivity contribution is -0.119. The number of hydrogen-bond donors (Lipinski definition) is 2. The lowest BCUT2D eigenvalue weighted by Crippen LogP contribution is -2.46. The predicted molar refractivity (Wildman–Crippen MR) is 71.4 cm³/mol. The molecule has 98 valence electrons. The smallest absolute Gasteiger partial charge is 0.244 e. The van der Waals surface area contributed by atoms with Crippen molar-refractivity contribution in [2.24, 2.45) is 0 Å². The highest BCUT2D eigenvalue weighted by Crippen LogP contribution is 2.19. The van der Waals surface area contributed by atoms with E-state index in [1.165, 1.54) is 6.08 Å². The van der Waals surface area contributed by atoms with E-state index in [-0.39, 0.29) is 12.5 Å². The average molecular weight is 267 g/mol. The number of carbonyl (C=O) groups excluding carboxylic acids is 1. The summed E-state index contributed by atoms with van der Waals surface area (Å²) >= 11 is 1.59. The summed E-state index contributed by atoms with van der Waals surface area (Å²) in [6, 6.07) is 1.94. The van der Waals surface area contributed by atoms with Crippen LogP contribution in [0, 0.1) is 0 Å². The fraction of sp³-hybridized carbons (Fsp3) is 0.462. The Morgan fingerprint density at radius 1 is 1.56 bits per heavy atom. The summed E-state index contributed by atoms with van der Waals surface area (Å²) in [7, 11) is 0. The molecule has 1 aliphatic heterocycles. The minimum Gasteiger partial charge on any atom is -0.388 e. The van der Waals surface area contributed by atoms with E-state index in [9.17, 15) is 9.90 Å². The van der Waals surface area contributed by atoms with Gasteiger partial charge in [-0.2, -0.15) is 11.3 Å².